The first kappa shape index (κ1) is 52.8. The van der Waals surface area contributed by atoms with Gasteiger partial charge in [-0.05, 0) is 65.1 Å². The van der Waals surface area contributed by atoms with E-state index in [-0.39, 0.29) is 12.6 Å². The van der Waals surface area contributed by atoms with Crippen LogP contribution in [0.25, 0.3) is 0 Å². The minimum absolute atomic E-state index is 0.0980. The number of unbranched alkanes of at least 4 members (excludes halogenated alkanes) is 20. The molecule has 1 amide bonds. The van der Waals surface area contributed by atoms with E-state index in [1.165, 1.54) is 96.3 Å². The number of amides is 1. The molecule has 0 saturated heterocycles. The molecular formula is C47H92F2N2O3. The Morgan fingerprint density at radius 2 is 0.944 bits per heavy atom. The Hall–Kier alpha value is -1.24. The highest BCUT2D eigenvalue weighted by Crippen LogP contribution is 2.27. The van der Waals surface area contributed by atoms with E-state index in [1.807, 2.05) is 0 Å². The Bertz CT molecular complexity index is 830. The lowest BCUT2D eigenvalue weighted by Crippen LogP contribution is -2.41. The fourth-order valence-corrected chi connectivity index (χ4v) is 7.82. The minimum Gasteiger partial charge on any atom is -0.461 e. The van der Waals surface area contributed by atoms with Crippen LogP contribution in [0.1, 0.15) is 240 Å². The van der Waals surface area contributed by atoms with Crippen LogP contribution in [0.2, 0.25) is 0 Å². The maximum Gasteiger partial charge on any atom is 0.376 e. The van der Waals surface area contributed by atoms with Crippen LogP contribution in [0.4, 0.5) is 8.78 Å². The predicted octanol–water partition coefficient (Wildman–Crippen LogP) is 14.5. The normalized spacial score (nSPS) is 12.6. The summed E-state index contributed by atoms with van der Waals surface area (Å²) in [6.45, 7) is 10.7. The summed E-state index contributed by atoms with van der Waals surface area (Å²) in [6.07, 6.45) is 34.4. The van der Waals surface area contributed by atoms with Gasteiger partial charge in [-0.3, -0.25) is 4.79 Å². The van der Waals surface area contributed by atoms with Crippen LogP contribution in [0, 0.1) is 5.92 Å². The van der Waals surface area contributed by atoms with Crippen molar-refractivity contribution in [1.29, 1.82) is 0 Å². The van der Waals surface area contributed by atoms with E-state index in [0.717, 1.165) is 96.6 Å². The summed E-state index contributed by atoms with van der Waals surface area (Å²) in [5.41, 5.74) is 0. The van der Waals surface area contributed by atoms with Crippen molar-refractivity contribution in [2.24, 2.45) is 5.92 Å². The number of alkyl halides is 2. The summed E-state index contributed by atoms with van der Waals surface area (Å²) in [6, 6.07) is 0.223. The Morgan fingerprint density at radius 3 is 1.44 bits per heavy atom. The molecule has 0 spiro atoms. The van der Waals surface area contributed by atoms with Crippen LogP contribution < -0.4 is 0 Å². The number of esters is 1. The van der Waals surface area contributed by atoms with Crippen LogP contribution in [-0.4, -0.2) is 67.4 Å². The third-order valence-corrected chi connectivity index (χ3v) is 11.4. The van der Waals surface area contributed by atoms with Gasteiger partial charge in [0.05, 0.1) is 6.61 Å². The molecule has 0 saturated carbocycles. The summed E-state index contributed by atoms with van der Waals surface area (Å²) in [4.78, 5) is 30.5. The third-order valence-electron chi connectivity index (χ3n) is 11.4. The van der Waals surface area contributed by atoms with Gasteiger partial charge in [0, 0.05) is 25.4 Å². The molecule has 1 atom stereocenters. The highest BCUT2D eigenvalue weighted by molar-refractivity contribution is 5.77. The molecule has 7 heteroatoms. The standard InChI is InChI=1S/C47H92F2N2O3/c1-7-11-15-17-19-21-25-31-41-51(45(52)37-32-40-50(5)6)44(35-28-22-20-18-16-12-8-2)36-29-23-24-30-39-47(48,49)46(53)54-42-38-43(33-26-13-9-3)34-27-14-10-4/h43-44H,7-42H2,1-6H3. The maximum atomic E-state index is 14.8. The van der Waals surface area contributed by atoms with Gasteiger partial charge in [-0.2, -0.15) is 8.78 Å². The fraction of sp³-hybridized carbons (Fsp3) is 0.957. The molecular weight excluding hydrogens is 679 g/mol. The molecule has 0 bridgehead atoms. The molecule has 0 aliphatic heterocycles. The molecule has 0 radical (unpaired) electrons. The van der Waals surface area contributed by atoms with Gasteiger partial charge in [0.15, 0.2) is 0 Å². The van der Waals surface area contributed by atoms with Crippen molar-refractivity contribution in [2.45, 2.75) is 252 Å². The van der Waals surface area contributed by atoms with Crippen LogP contribution in [-0.2, 0) is 14.3 Å². The Balaban J connectivity index is 5.10. The second-order valence-corrected chi connectivity index (χ2v) is 17.0. The van der Waals surface area contributed by atoms with Crippen LogP contribution in [0.5, 0.6) is 0 Å². The molecule has 0 heterocycles. The lowest BCUT2D eigenvalue weighted by molar-refractivity contribution is -0.173. The van der Waals surface area contributed by atoms with Crippen molar-refractivity contribution >= 4 is 11.9 Å². The van der Waals surface area contributed by atoms with Gasteiger partial charge in [0.1, 0.15) is 0 Å². The topological polar surface area (TPSA) is 49.9 Å². The third kappa shape index (κ3) is 30.9. The lowest BCUT2D eigenvalue weighted by atomic mass is 9.92. The van der Waals surface area contributed by atoms with E-state index in [2.05, 4.69) is 51.6 Å². The first-order valence-electron chi connectivity index (χ1n) is 23.6. The second-order valence-electron chi connectivity index (χ2n) is 17.0. The summed E-state index contributed by atoms with van der Waals surface area (Å²) in [5, 5.41) is 0. The zero-order valence-corrected chi connectivity index (χ0v) is 37.0. The zero-order valence-electron chi connectivity index (χ0n) is 37.0. The number of hydrogen-bond acceptors (Lipinski definition) is 4. The van der Waals surface area contributed by atoms with Gasteiger partial charge in [0.2, 0.25) is 5.91 Å². The van der Waals surface area contributed by atoms with Crippen molar-refractivity contribution in [3.63, 3.8) is 0 Å². The largest absolute Gasteiger partial charge is 0.461 e. The van der Waals surface area contributed by atoms with Gasteiger partial charge in [-0.25, -0.2) is 4.79 Å². The molecule has 0 fully saturated rings. The van der Waals surface area contributed by atoms with Gasteiger partial charge in [0.25, 0.3) is 0 Å². The van der Waals surface area contributed by atoms with E-state index in [0.29, 0.717) is 37.5 Å². The highest BCUT2D eigenvalue weighted by Gasteiger charge is 2.39. The van der Waals surface area contributed by atoms with E-state index >= 15 is 0 Å². The van der Waals surface area contributed by atoms with Gasteiger partial charge >= 0.3 is 11.9 Å². The molecule has 0 aromatic rings. The first-order valence-corrected chi connectivity index (χ1v) is 23.6. The average Bonchev–Trinajstić information content (AvgIpc) is 3.14. The van der Waals surface area contributed by atoms with Crippen molar-refractivity contribution in [2.75, 3.05) is 33.8 Å². The number of hydrogen-bond donors (Lipinski definition) is 0. The smallest absolute Gasteiger partial charge is 0.376 e. The van der Waals surface area contributed by atoms with Crippen molar-refractivity contribution in [1.82, 2.24) is 9.80 Å². The minimum atomic E-state index is -3.43. The van der Waals surface area contributed by atoms with Gasteiger partial charge in [-0.1, -0.05) is 188 Å². The maximum absolute atomic E-state index is 14.8. The number of nitrogens with zero attached hydrogens (tertiary/aromatic N) is 2. The number of carbonyl (C=O) groups excluding carboxylic acids is 2. The summed E-state index contributed by atoms with van der Waals surface area (Å²) < 4.78 is 34.8. The number of ether oxygens (including phenoxy) is 1. The Labute approximate surface area is 335 Å². The molecule has 0 N–H and O–H groups in total. The molecule has 0 aliphatic rings. The Kier molecular flexibility index (Phi) is 36.5. The molecule has 0 aliphatic carbocycles. The second kappa shape index (κ2) is 37.3. The van der Waals surface area contributed by atoms with Gasteiger partial charge < -0.3 is 14.5 Å². The van der Waals surface area contributed by atoms with E-state index in [1.54, 1.807) is 0 Å². The quantitative estimate of drug-likeness (QED) is 0.0459. The molecule has 322 valence electrons. The summed E-state index contributed by atoms with van der Waals surface area (Å²) in [5.74, 6) is -4.03. The van der Waals surface area contributed by atoms with E-state index in [9.17, 15) is 18.4 Å². The van der Waals surface area contributed by atoms with E-state index < -0.39 is 18.3 Å². The van der Waals surface area contributed by atoms with Crippen molar-refractivity contribution in [3.05, 3.63) is 0 Å². The SMILES string of the molecule is CCCCCCCCCCN(C(=O)CCCN(C)C)C(CCCCCCCCC)CCCCCCC(F)(F)C(=O)OCCC(CCCCC)CCCCC. The molecule has 54 heavy (non-hydrogen) atoms. The first-order chi connectivity index (χ1) is 26.1. The van der Waals surface area contributed by atoms with Crippen LogP contribution in [0.15, 0.2) is 0 Å². The van der Waals surface area contributed by atoms with Gasteiger partial charge in [-0.15, -0.1) is 0 Å². The molecule has 1 unspecified atom stereocenters. The van der Waals surface area contributed by atoms with Crippen molar-refractivity contribution in [3.8, 4) is 0 Å². The number of carbonyl (C=O) groups is 2. The molecule has 0 aromatic carbocycles. The van der Waals surface area contributed by atoms with E-state index in [4.69, 9.17) is 4.74 Å². The molecule has 0 rings (SSSR count). The number of halogens is 2. The van der Waals surface area contributed by atoms with Crippen LogP contribution >= 0.6 is 0 Å². The molecule has 0 aromatic heterocycles. The highest BCUT2D eigenvalue weighted by atomic mass is 19.3. The molecule has 5 nitrogen and oxygen atoms in total. The predicted molar refractivity (Wildman–Crippen MR) is 229 cm³/mol. The van der Waals surface area contributed by atoms with Crippen molar-refractivity contribution < 1.29 is 23.1 Å². The monoisotopic (exact) mass is 771 g/mol. The Morgan fingerprint density at radius 1 is 0.519 bits per heavy atom. The average molecular weight is 771 g/mol. The van der Waals surface area contributed by atoms with Crippen LogP contribution in [0.3, 0.4) is 0 Å². The zero-order chi connectivity index (χ0) is 40.1. The number of rotatable bonds is 41. The fourth-order valence-electron chi connectivity index (χ4n) is 7.82. The lowest BCUT2D eigenvalue weighted by Gasteiger charge is -2.33. The summed E-state index contributed by atoms with van der Waals surface area (Å²) >= 11 is 0. The summed E-state index contributed by atoms with van der Waals surface area (Å²) in [7, 11) is 4.12.